The Balaban J connectivity index is 1.57. The first-order valence-corrected chi connectivity index (χ1v) is 11.7. The average Bonchev–Trinajstić information content (AvgIpc) is 2.86. The number of aromatic nitrogens is 1. The Hall–Kier alpha value is -3.30. The molecule has 1 aliphatic heterocycles. The SMILES string of the molecule is CCCOC(=O)N1CCN(C(=O)c2ccc3c(Cl)cc(-c4cc(F)c(CN)c(F)c4)nc3c2)CC1. The second-order valence-corrected chi connectivity index (χ2v) is 8.64. The summed E-state index contributed by atoms with van der Waals surface area (Å²) in [5, 5.41) is 0.946. The Morgan fingerprint density at radius 2 is 1.71 bits per heavy atom. The summed E-state index contributed by atoms with van der Waals surface area (Å²) < 4.78 is 33.7. The van der Waals surface area contributed by atoms with E-state index in [1.54, 1.807) is 28.0 Å². The average molecular weight is 503 g/mol. The summed E-state index contributed by atoms with van der Waals surface area (Å²) in [5.41, 5.74) is 6.51. The smallest absolute Gasteiger partial charge is 0.409 e. The summed E-state index contributed by atoms with van der Waals surface area (Å²) in [5.74, 6) is -1.73. The standard InChI is InChI=1S/C25H25ClF2N4O3/c1-2-9-35-25(34)32-7-5-31(6-8-32)24(33)15-3-4-17-19(26)13-22(30-23(17)12-15)16-10-20(27)18(14-29)21(28)11-16/h3-4,10-13H,2,5-9,14,29H2,1H3. The lowest BCUT2D eigenvalue weighted by atomic mass is 10.0. The van der Waals surface area contributed by atoms with Crippen molar-refractivity contribution in [2.45, 2.75) is 19.9 Å². The third-order valence-electron chi connectivity index (χ3n) is 5.90. The molecule has 2 heterocycles. The van der Waals surface area contributed by atoms with Gasteiger partial charge in [0, 0.05) is 54.8 Å². The largest absolute Gasteiger partial charge is 0.449 e. The van der Waals surface area contributed by atoms with E-state index in [4.69, 9.17) is 22.1 Å². The number of nitrogens with zero attached hydrogens (tertiary/aromatic N) is 3. The van der Waals surface area contributed by atoms with Crippen LogP contribution in [0.2, 0.25) is 5.02 Å². The highest BCUT2D eigenvalue weighted by atomic mass is 35.5. The van der Waals surface area contributed by atoms with E-state index < -0.39 is 11.6 Å². The molecular weight excluding hydrogens is 478 g/mol. The quantitative estimate of drug-likeness (QED) is 0.551. The fourth-order valence-electron chi connectivity index (χ4n) is 3.97. The Labute approximate surface area is 206 Å². The highest BCUT2D eigenvalue weighted by Crippen LogP contribution is 2.30. The zero-order valence-electron chi connectivity index (χ0n) is 19.2. The lowest BCUT2D eigenvalue weighted by molar-refractivity contribution is 0.0560. The van der Waals surface area contributed by atoms with Crippen LogP contribution in [0, 0.1) is 11.6 Å². The summed E-state index contributed by atoms with van der Waals surface area (Å²) in [4.78, 5) is 32.9. The molecule has 0 saturated carbocycles. The third kappa shape index (κ3) is 5.21. The number of carbonyl (C=O) groups is 2. The van der Waals surface area contributed by atoms with Gasteiger partial charge in [-0.15, -0.1) is 0 Å². The highest BCUT2D eigenvalue weighted by molar-refractivity contribution is 6.35. The van der Waals surface area contributed by atoms with E-state index >= 15 is 0 Å². The topological polar surface area (TPSA) is 88.8 Å². The molecule has 35 heavy (non-hydrogen) atoms. The van der Waals surface area contributed by atoms with Gasteiger partial charge in [0.1, 0.15) is 11.6 Å². The minimum atomic E-state index is -0.762. The van der Waals surface area contributed by atoms with Crippen molar-refractivity contribution in [2.24, 2.45) is 5.73 Å². The number of carbonyl (C=O) groups excluding carboxylic acids is 2. The first-order chi connectivity index (χ1) is 16.8. The molecule has 0 radical (unpaired) electrons. The molecule has 2 N–H and O–H groups in total. The number of hydrogen-bond donors (Lipinski definition) is 1. The molecule has 0 spiro atoms. The van der Waals surface area contributed by atoms with Crippen molar-refractivity contribution < 1.29 is 23.1 Å². The first-order valence-electron chi connectivity index (χ1n) is 11.3. The summed E-state index contributed by atoms with van der Waals surface area (Å²) in [6.45, 7) is 3.54. The lowest BCUT2D eigenvalue weighted by Gasteiger charge is -2.34. The Morgan fingerprint density at radius 3 is 2.34 bits per heavy atom. The van der Waals surface area contributed by atoms with Gasteiger partial charge in [0.15, 0.2) is 0 Å². The van der Waals surface area contributed by atoms with Crippen molar-refractivity contribution in [1.29, 1.82) is 0 Å². The maximum absolute atomic E-state index is 14.3. The molecular formula is C25H25ClF2N4O3. The molecule has 1 aromatic heterocycles. The van der Waals surface area contributed by atoms with Crippen LogP contribution in [0.3, 0.4) is 0 Å². The molecule has 0 unspecified atom stereocenters. The summed E-state index contributed by atoms with van der Waals surface area (Å²) in [6.07, 6.45) is 0.373. The fourth-order valence-corrected chi connectivity index (χ4v) is 4.23. The number of halogens is 3. The zero-order valence-corrected chi connectivity index (χ0v) is 19.9. The predicted molar refractivity (Wildman–Crippen MR) is 129 cm³/mol. The molecule has 0 bridgehead atoms. The zero-order chi connectivity index (χ0) is 25.1. The molecule has 3 aromatic rings. The van der Waals surface area contributed by atoms with E-state index in [0.29, 0.717) is 54.3 Å². The van der Waals surface area contributed by atoms with Crippen LogP contribution in [0.15, 0.2) is 36.4 Å². The van der Waals surface area contributed by atoms with Crippen LogP contribution in [0.25, 0.3) is 22.2 Å². The Morgan fingerprint density at radius 1 is 1.06 bits per heavy atom. The molecule has 10 heteroatoms. The van der Waals surface area contributed by atoms with Crippen molar-refractivity contribution >= 4 is 34.5 Å². The molecule has 2 amide bonds. The minimum absolute atomic E-state index is 0.202. The summed E-state index contributed by atoms with van der Waals surface area (Å²) in [6, 6.07) is 8.81. The second kappa shape index (κ2) is 10.5. The third-order valence-corrected chi connectivity index (χ3v) is 6.21. The van der Waals surface area contributed by atoms with Gasteiger partial charge in [0.2, 0.25) is 0 Å². The molecule has 1 fully saturated rings. The highest BCUT2D eigenvalue weighted by Gasteiger charge is 2.26. The van der Waals surface area contributed by atoms with Crippen LogP contribution in [0.1, 0.15) is 29.3 Å². The van der Waals surface area contributed by atoms with Gasteiger partial charge in [-0.05, 0) is 36.8 Å². The monoisotopic (exact) mass is 502 g/mol. The predicted octanol–water partition coefficient (Wildman–Crippen LogP) is 4.60. The molecule has 1 saturated heterocycles. The number of hydrogen-bond acceptors (Lipinski definition) is 5. The number of benzene rings is 2. The molecule has 7 nitrogen and oxygen atoms in total. The van der Waals surface area contributed by atoms with E-state index in [-0.39, 0.29) is 35.4 Å². The molecule has 4 rings (SSSR count). The van der Waals surface area contributed by atoms with Crippen LogP contribution in [-0.4, -0.2) is 59.6 Å². The van der Waals surface area contributed by atoms with Crippen molar-refractivity contribution in [1.82, 2.24) is 14.8 Å². The molecule has 1 aliphatic rings. The van der Waals surface area contributed by atoms with Gasteiger partial charge in [-0.25, -0.2) is 18.6 Å². The van der Waals surface area contributed by atoms with Gasteiger partial charge in [-0.1, -0.05) is 24.6 Å². The fraction of sp³-hybridized carbons (Fsp3) is 0.320. The molecule has 2 aromatic carbocycles. The Bertz CT molecular complexity index is 1260. The van der Waals surface area contributed by atoms with E-state index in [1.165, 1.54) is 6.07 Å². The van der Waals surface area contributed by atoms with Crippen LogP contribution in [-0.2, 0) is 11.3 Å². The molecule has 184 valence electrons. The van der Waals surface area contributed by atoms with E-state index in [0.717, 1.165) is 18.6 Å². The van der Waals surface area contributed by atoms with Gasteiger partial charge in [-0.2, -0.15) is 0 Å². The van der Waals surface area contributed by atoms with Gasteiger partial charge in [-0.3, -0.25) is 4.79 Å². The number of amides is 2. The van der Waals surface area contributed by atoms with Crippen LogP contribution in [0.5, 0.6) is 0 Å². The van der Waals surface area contributed by atoms with Crippen LogP contribution < -0.4 is 5.73 Å². The van der Waals surface area contributed by atoms with Crippen LogP contribution in [0.4, 0.5) is 13.6 Å². The van der Waals surface area contributed by atoms with Crippen molar-refractivity contribution in [3.8, 4) is 11.3 Å². The maximum atomic E-state index is 14.3. The lowest BCUT2D eigenvalue weighted by Crippen LogP contribution is -2.50. The summed E-state index contributed by atoms with van der Waals surface area (Å²) >= 11 is 6.42. The first kappa shape index (κ1) is 24.8. The number of piperazine rings is 1. The normalized spacial score (nSPS) is 13.9. The number of ether oxygens (including phenoxy) is 1. The number of pyridine rings is 1. The van der Waals surface area contributed by atoms with Gasteiger partial charge < -0.3 is 20.3 Å². The molecule has 0 aliphatic carbocycles. The van der Waals surface area contributed by atoms with Crippen molar-refractivity contribution in [3.63, 3.8) is 0 Å². The maximum Gasteiger partial charge on any atom is 0.409 e. The minimum Gasteiger partial charge on any atom is -0.449 e. The van der Waals surface area contributed by atoms with E-state index in [9.17, 15) is 18.4 Å². The van der Waals surface area contributed by atoms with Gasteiger partial charge >= 0.3 is 6.09 Å². The summed E-state index contributed by atoms with van der Waals surface area (Å²) in [7, 11) is 0. The Kier molecular flexibility index (Phi) is 7.47. The van der Waals surface area contributed by atoms with E-state index in [2.05, 4.69) is 4.98 Å². The van der Waals surface area contributed by atoms with E-state index in [1.807, 2.05) is 6.92 Å². The second-order valence-electron chi connectivity index (χ2n) is 8.24. The number of rotatable bonds is 5. The van der Waals surface area contributed by atoms with Crippen molar-refractivity contribution in [3.05, 3.63) is 64.2 Å². The van der Waals surface area contributed by atoms with Crippen LogP contribution >= 0.6 is 11.6 Å². The molecule has 0 atom stereocenters. The van der Waals surface area contributed by atoms with Crippen molar-refractivity contribution in [2.75, 3.05) is 32.8 Å². The number of fused-ring (bicyclic) bond motifs is 1. The van der Waals surface area contributed by atoms with Gasteiger partial charge in [0.25, 0.3) is 5.91 Å². The number of nitrogens with two attached hydrogens (primary N) is 1. The van der Waals surface area contributed by atoms with Gasteiger partial charge in [0.05, 0.1) is 22.8 Å².